The molecule has 0 N–H and O–H groups in total. The molecular weight excluding hydrogens is 284 g/mol. The summed E-state index contributed by atoms with van der Waals surface area (Å²) in [5.74, 6) is 0.288. The highest BCUT2D eigenvalue weighted by atomic mass is 35.5. The summed E-state index contributed by atoms with van der Waals surface area (Å²) < 4.78 is 0. The molecule has 3 aliphatic rings. The van der Waals surface area contributed by atoms with E-state index in [9.17, 15) is 4.79 Å². The van der Waals surface area contributed by atoms with Crippen LogP contribution in [0.4, 0.5) is 0 Å². The molecule has 112 valence electrons. The van der Waals surface area contributed by atoms with Gasteiger partial charge in [0.2, 0.25) is 5.91 Å². The number of nitrogens with zero attached hydrogens (tertiary/aromatic N) is 2. The molecule has 4 heteroatoms. The average molecular weight is 305 g/mol. The minimum absolute atomic E-state index is 0.288. The lowest BCUT2D eigenvalue weighted by atomic mass is 9.87. The molecule has 1 aromatic rings. The smallest absolute Gasteiger partial charge is 0.222 e. The molecule has 3 saturated heterocycles. The van der Waals surface area contributed by atoms with Crippen LogP contribution in [0.2, 0.25) is 5.02 Å². The Balaban J connectivity index is 1.55. The van der Waals surface area contributed by atoms with Crippen LogP contribution in [0.1, 0.15) is 25.3 Å². The van der Waals surface area contributed by atoms with E-state index in [-0.39, 0.29) is 5.91 Å². The van der Waals surface area contributed by atoms with Crippen molar-refractivity contribution in [1.29, 1.82) is 0 Å². The molecule has 2 atom stereocenters. The van der Waals surface area contributed by atoms with Crippen molar-refractivity contribution in [3.05, 3.63) is 40.9 Å². The number of piperidine rings is 1. The fourth-order valence-electron chi connectivity index (χ4n) is 3.32. The summed E-state index contributed by atoms with van der Waals surface area (Å²) in [6, 6.07) is 8.95. The molecule has 3 nitrogen and oxygen atoms in total. The van der Waals surface area contributed by atoms with Gasteiger partial charge in [-0.05, 0) is 18.1 Å². The van der Waals surface area contributed by atoms with Crippen LogP contribution in [0.15, 0.2) is 30.3 Å². The van der Waals surface area contributed by atoms with Crippen molar-refractivity contribution in [1.82, 2.24) is 9.80 Å². The molecule has 2 unspecified atom stereocenters. The summed E-state index contributed by atoms with van der Waals surface area (Å²) in [4.78, 5) is 16.3. The van der Waals surface area contributed by atoms with Gasteiger partial charge in [0.1, 0.15) is 0 Å². The van der Waals surface area contributed by atoms with Crippen LogP contribution in [0.3, 0.4) is 0 Å². The Kier molecular flexibility index (Phi) is 4.32. The van der Waals surface area contributed by atoms with E-state index < -0.39 is 0 Å². The molecule has 3 aliphatic heterocycles. The van der Waals surface area contributed by atoms with Gasteiger partial charge in [-0.1, -0.05) is 48.9 Å². The third-order valence-corrected chi connectivity index (χ3v) is 4.86. The number of carbonyl (C=O) groups excluding carboxylic acids is 1. The fraction of sp³-hybridized carbons (Fsp3) is 0.471. The Hall–Kier alpha value is -1.32. The van der Waals surface area contributed by atoms with Crippen LogP contribution in [0.25, 0.3) is 6.08 Å². The van der Waals surface area contributed by atoms with Crippen molar-refractivity contribution in [3.8, 4) is 0 Å². The first kappa shape index (κ1) is 14.6. The normalized spacial score (nSPS) is 25.1. The Morgan fingerprint density at radius 3 is 2.71 bits per heavy atom. The highest BCUT2D eigenvalue weighted by Gasteiger charge is 2.44. The summed E-state index contributed by atoms with van der Waals surface area (Å²) >= 11 is 6.14. The second-order valence-corrected chi connectivity index (χ2v) is 6.22. The molecular formula is C17H21ClN2O. The number of piperazine rings is 1. The van der Waals surface area contributed by atoms with E-state index in [0.29, 0.717) is 18.5 Å². The van der Waals surface area contributed by atoms with E-state index in [1.807, 2.05) is 36.1 Å². The van der Waals surface area contributed by atoms with Crippen molar-refractivity contribution in [3.63, 3.8) is 0 Å². The van der Waals surface area contributed by atoms with Crippen molar-refractivity contribution < 1.29 is 4.79 Å². The van der Waals surface area contributed by atoms with Gasteiger partial charge in [-0.25, -0.2) is 0 Å². The molecule has 21 heavy (non-hydrogen) atoms. The maximum Gasteiger partial charge on any atom is 0.222 e. The maximum atomic E-state index is 11.8. The number of amides is 1. The predicted octanol–water partition coefficient (Wildman–Crippen LogP) is 3.05. The number of carbonyl (C=O) groups is 1. The van der Waals surface area contributed by atoms with Gasteiger partial charge in [-0.15, -0.1) is 0 Å². The van der Waals surface area contributed by atoms with Gasteiger partial charge in [0.05, 0.1) is 0 Å². The average Bonchev–Trinajstić information content (AvgIpc) is 2.52. The van der Waals surface area contributed by atoms with Crippen molar-refractivity contribution >= 4 is 23.6 Å². The van der Waals surface area contributed by atoms with E-state index >= 15 is 0 Å². The largest absolute Gasteiger partial charge is 0.340 e. The van der Waals surface area contributed by atoms with Crippen LogP contribution in [0.5, 0.6) is 0 Å². The molecule has 2 bridgehead atoms. The Morgan fingerprint density at radius 2 is 2.05 bits per heavy atom. The van der Waals surface area contributed by atoms with Gasteiger partial charge >= 0.3 is 0 Å². The van der Waals surface area contributed by atoms with Gasteiger partial charge in [-0.2, -0.15) is 0 Å². The van der Waals surface area contributed by atoms with E-state index in [1.165, 1.54) is 6.42 Å². The summed E-state index contributed by atoms with van der Waals surface area (Å²) in [5.41, 5.74) is 1.06. The van der Waals surface area contributed by atoms with E-state index in [0.717, 1.165) is 30.2 Å². The Labute approximate surface area is 131 Å². The third-order valence-electron chi connectivity index (χ3n) is 4.52. The highest BCUT2D eigenvalue weighted by Crippen LogP contribution is 2.32. The molecule has 1 amide bonds. The zero-order valence-electron chi connectivity index (χ0n) is 12.3. The number of rotatable bonds is 4. The van der Waals surface area contributed by atoms with E-state index in [4.69, 9.17) is 11.6 Å². The first-order valence-corrected chi connectivity index (χ1v) is 8.01. The maximum absolute atomic E-state index is 11.8. The topological polar surface area (TPSA) is 23.6 Å². The number of hydrogen-bond donors (Lipinski definition) is 0. The van der Waals surface area contributed by atoms with Gasteiger partial charge in [0, 0.05) is 43.2 Å². The molecule has 0 aliphatic carbocycles. The summed E-state index contributed by atoms with van der Waals surface area (Å²) in [5, 5.41) is 0.789. The Bertz CT molecular complexity index is 545. The molecule has 0 saturated carbocycles. The molecule has 1 aromatic carbocycles. The predicted molar refractivity (Wildman–Crippen MR) is 86.3 cm³/mol. The van der Waals surface area contributed by atoms with E-state index in [2.05, 4.69) is 17.1 Å². The quantitative estimate of drug-likeness (QED) is 0.853. The molecule has 3 fully saturated rings. The van der Waals surface area contributed by atoms with Crippen LogP contribution < -0.4 is 0 Å². The van der Waals surface area contributed by atoms with Gasteiger partial charge in [-0.3, -0.25) is 9.69 Å². The number of hydrogen-bond acceptors (Lipinski definition) is 2. The van der Waals surface area contributed by atoms with Crippen molar-refractivity contribution in [2.75, 3.05) is 19.6 Å². The standard InChI is InChI=1S/C17H21ClN2O/c1-2-17(21)19-11-14-10-15(12-19)20(14)9-5-7-13-6-3-4-8-16(13)18/h3-8,14-15H,2,9-12H2,1H3. The minimum Gasteiger partial charge on any atom is -0.340 e. The highest BCUT2D eigenvalue weighted by molar-refractivity contribution is 6.32. The van der Waals surface area contributed by atoms with Crippen LogP contribution in [-0.4, -0.2) is 47.4 Å². The second kappa shape index (κ2) is 6.20. The van der Waals surface area contributed by atoms with E-state index in [1.54, 1.807) is 0 Å². The zero-order valence-corrected chi connectivity index (χ0v) is 13.1. The Morgan fingerprint density at radius 1 is 1.33 bits per heavy atom. The second-order valence-electron chi connectivity index (χ2n) is 5.82. The van der Waals surface area contributed by atoms with Crippen molar-refractivity contribution in [2.24, 2.45) is 0 Å². The van der Waals surface area contributed by atoms with Gasteiger partial charge in [0.15, 0.2) is 0 Å². The SMILES string of the molecule is CCC(=O)N1CC2CC(C1)N2CC=Cc1ccccc1Cl. The summed E-state index contributed by atoms with van der Waals surface area (Å²) in [7, 11) is 0. The number of halogens is 1. The first-order chi connectivity index (χ1) is 10.2. The van der Waals surface area contributed by atoms with Crippen LogP contribution in [0, 0.1) is 0 Å². The van der Waals surface area contributed by atoms with Gasteiger partial charge in [0.25, 0.3) is 0 Å². The lowest BCUT2D eigenvalue weighted by Crippen LogP contribution is -2.69. The van der Waals surface area contributed by atoms with Gasteiger partial charge < -0.3 is 4.90 Å². The molecule has 0 aromatic heterocycles. The molecule has 0 spiro atoms. The summed E-state index contributed by atoms with van der Waals surface area (Å²) in [6.07, 6.45) is 6.11. The third kappa shape index (κ3) is 2.99. The number of fused-ring (bicyclic) bond motifs is 2. The molecule has 4 rings (SSSR count). The number of benzene rings is 1. The summed E-state index contributed by atoms with van der Waals surface area (Å²) in [6.45, 7) is 4.66. The van der Waals surface area contributed by atoms with Crippen LogP contribution in [-0.2, 0) is 4.79 Å². The molecule has 3 heterocycles. The lowest BCUT2D eigenvalue weighted by molar-refractivity contribution is -0.142. The first-order valence-electron chi connectivity index (χ1n) is 7.63. The monoisotopic (exact) mass is 304 g/mol. The zero-order chi connectivity index (χ0) is 14.8. The minimum atomic E-state index is 0.288. The molecule has 0 radical (unpaired) electrons. The lowest BCUT2D eigenvalue weighted by Gasteiger charge is -2.56. The fourth-order valence-corrected chi connectivity index (χ4v) is 3.52. The van der Waals surface area contributed by atoms with Crippen molar-refractivity contribution in [2.45, 2.75) is 31.8 Å². The van der Waals surface area contributed by atoms with Crippen LogP contribution >= 0.6 is 11.6 Å².